The molecule has 1 rings (SSSR count). The first-order chi connectivity index (χ1) is 7.33. The molecule has 0 aromatic carbocycles. The van der Waals surface area contributed by atoms with Crippen molar-refractivity contribution >= 4 is 18.7 Å². The van der Waals surface area contributed by atoms with E-state index in [4.69, 9.17) is 4.74 Å². The number of carbonyl (C=O) groups excluding carboxylic acids is 1. The van der Waals surface area contributed by atoms with Gasteiger partial charge < -0.3 is 4.74 Å². The molecule has 0 spiro atoms. The van der Waals surface area contributed by atoms with Crippen LogP contribution in [0, 0.1) is 5.95 Å². The van der Waals surface area contributed by atoms with E-state index in [1.807, 2.05) is 0 Å². The lowest BCUT2D eigenvalue weighted by molar-refractivity contribution is 0.00633. The van der Waals surface area contributed by atoms with E-state index in [0.717, 1.165) is 0 Å². The highest BCUT2D eigenvalue weighted by atomic mass is 19.1. The van der Waals surface area contributed by atoms with Crippen molar-refractivity contribution in [1.29, 1.82) is 0 Å². The molecule has 0 N–H and O–H groups in total. The van der Waals surface area contributed by atoms with Crippen molar-refractivity contribution in [1.82, 2.24) is 4.98 Å². The fraction of sp³-hybridized carbons (Fsp3) is 0.455. The summed E-state index contributed by atoms with van der Waals surface area (Å²) in [6, 6.07) is 2.71. The zero-order valence-electron chi connectivity index (χ0n) is 9.87. The minimum Gasteiger partial charge on any atom is -0.455 e. The summed E-state index contributed by atoms with van der Waals surface area (Å²) in [7, 11) is 1.69. The predicted molar refractivity (Wildman–Crippen MR) is 60.6 cm³/mol. The average molecular weight is 222 g/mol. The molecule has 0 atom stereocenters. The smallest absolute Gasteiger partial charge is 0.356 e. The van der Waals surface area contributed by atoms with Crippen molar-refractivity contribution in [2.45, 2.75) is 33.2 Å². The molecule has 0 unspecified atom stereocenters. The molecular weight excluding hydrogens is 208 g/mol. The number of carbonyl (C=O) groups is 1. The number of halogens is 1. The molecule has 0 aliphatic carbocycles. The molecule has 1 aromatic heterocycles. The Morgan fingerprint density at radius 2 is 2.06 bits per heavy atom. The fourth-order valence-corrected chi connectivity index (χ4v) is 1.17. The summed E-state index contributed by atoms with van der Waals surface area (Å²) in [5, 5.41) is 0. The second-order valence-electron chi connectivity index (χ2n) is 4.36. The quantitative estimate of drug-likeness (QED) is 0.433. The third kappa shape index (κ3) is 3.33. The number of esters is 1. The first-order valence-corrected chi connectivity index (χ1v) is 5.03. The van der Waals surface area contributed by atoms with Gasteiger partial charge in [-0.2, -0.15) is 4.39 Å². The van der Waals surface area contributed by atoms with Crippen LogP contribution < -0.4 is 5.46 Å². The van der Waals surface area contributed by atoms with Gasteiger partial charge in [0, 0.05) is 0 Å². The summed E-state index contributed by atoms with van der Waals surface area (Å²) >= 11 is 0. The molecule has 5 heteroatoms. The van der Waals surface area contributed by atoms with Gasteiger partial charge in [0.1, 0.15) is 11.3 Å². The highest BCUT2D eigenvalue weighted by molar-refractivity contribution is 6.53. The van der Waals surface area contributed by atoms with Crippen LogP contribution in [-0.4, -0.2) is 23.8 Å². The fourth-order valence-electron chi connectivity index (χ4n) is 1.17. The Kier molecular flexibility index (Phi) is 3.68. The van der Waals surface area contributed by atoms with Crippen molar-refractivity contribution in [3.05, 3.63) is 23.8 Å². The maximum Gasteiger partial charge on any atom is 0.356 e. The maximum atomic E-state index is 12.9. The van der Waals surface area contributed by atoms with Gasteiger partial charge >= 0.3 is 5.97 Å². The molecule has 1 aromatic rings. The zero-order valence-corrected chi connectivity index (χ0v) is 9.87. The number of hydrogen-bond donors (Lipinski definition) is 0. The normalized spacial score (nSPS) is 11.1. The summed E-state index contributed by atoms with van der Waals surface area (Å²) in [5.74, 6) is -1.30. The van der Waals surface area contributed by atoms with Gasteiger partial charge in [-0.1, -0.05) is 18.4 Å². The molecule has 0 amide bonds. The number of rotatable bonds is 2. The summed E-state index contributed by atoms with van der Waals surface area (Å²) in [6.45, 7) is 7.00. The van der Waals surface area contributed by atoms with Crippen molar-refractivity contribution in [2.24, 2.45) is 0 Å². The molecule has 1 radical (unpaired) electrons. The van der Waals surface area contributed by atoms with Crippen LogP contribution in [0.3, 0.4) is 0 Å². The average Bonchev–Trinajstić information content (AvgIpc) is 2.15. The van der Waals surface area contributed by atoms with E-state index in [2.05, 4.69) is 4.98 Å². The maximum absolute atomic E-state index is 12.9. The van der Waals surface area contributed by atoms with E-state index >= 15 is 0 Å². The van der Waals surface area contributed by atoms with Gasteiger partial charge in [0.05, 0.1) is 0 Å². The lowest BCUT2D eigenvalue weighted by Gasteiger charge is -2.19. The van der Waals surface area contributed by atoms with Crippen LogP contribution in [0.5, 0.6) is 0 Å². The van der Waals surface area contributed by atoms with Crippen LogP contribution in [-0.2, 0) is 4.74 Å². The molecule has 0 saturated carbocycles. The van der Waals surface area contributed by atoms with E-state index in [1.165, 1.54) is 12.1 Å². The van der Waals surface area contributed by atoms with Gasteiger partial charge in [0.15, 0.2) is 7.28 Å². The van der Waals surface area contributed by atoms with Crippen LogP contribution in [0.15, 0.2) is 12.1 Å². The molecule has 16 heavy (non-hydrogen) atoms. The van der Waals surface area contributed by atoms with Crippen molar-refractivity contribution in [3.8, 4) is 0 Å². The SMILES string of the molecule is C[B]c1ccc(F)nc1C(=O)OC(C)(C)C. The lowest BCUT2D eigenvalue weighted by Crippen LogP contribution is -2.30. The first-order valence-electron chi connectivity index (χ1n) is 5.03. The van der Waals surface area contributed by atoms with Crippen LogP contribution in [0.4, 0.5) is 4.39 Å². The number of aromatic nitrogens is 1. The van der Waals surface area contributed by atoms with Crippen molar-refractivity contribution in [2.75, 3.05) is 0 Å². The Hall–Kier alpha value is -1.39. The largest absolute Gasteiger partial charge is 0.455 e. The number of pyridine rings is 1. The van der Waals surface area contributed by atoms with Crippen LogP contribution in [0.25, 0.3) is 0 Å². The van der Waals surface area contributed by atoms with E-state index in [9.17, 15) is 9.18 Å². The standard InChI is InChI=1S/C11H14BFNO2/c1-11(2,3)16-10(15)9-7(12-4)5-6-8(13)14-9/h5-6H,1-4H3. The number of nitrogens with zero attached hydrogens (tertiary/aromatic N) is 1. The Morgan fingerprint density at radius 3 is 2.56 bits per heavy atom. The molecular formula is C11H14BFNO2. The van der Waals surface area contributed by atoms with Gasteiger partial charge in [0.25, 0.3) is 0 Å². The second kappa shape index (κ2) is 4.64. The summed E-state index contributed by atoms with van der Waals surface area (Å²) < 4.78 is 18.1. The molecule has 0 aliphatic heterocycles. The zero-order chi connectivity index (χ0) is 12.3. The van der Waals surface area contributed by atoms with E-state index in [1.54, 1.807) is 34.9 Å². The minimum atomic E-state index is -0.688. The van der Waals surface area contributed by atoms with Crippen LogP contribution in [0.1, 0.15) is 31.3 Å². The van der Waals surface area contributed by atoms with E-state index < -0.39 is 17.5 Å². The molecule has 3 nitrogen and oxygen atoms in total. The van der Waals surface area contributed by atoms with Crippen molar-refractivity contribution in [3.63, 3.8) is 0 Å². The van der Waals surface area contributed by atoms with Gasteiger partial charge in [-0.05, 0) is 26.8 Å². The summed E-state index contributed by atoms with van der Waals surface area (Å²) in [5.41, 5.74) is -0.0381. The Labute approximate surface area is 95.3 Å². The summed E-state index contributed by atoms with van der Waals surface area (Å²) in [4.78, 5) is 15.3. The van der Waals surface area contributed by atoms with Gasteiger partial charge in [-0.3, -0.25) is 0 Å². The third-order valence-electron chi connectivity index (χ3n) is 1.80. The molecule has 0 saturated heterocycles. The Morgan fingerprint density at radius 1 is 1.44 bits per heavy atom. The van der Waals surface area contributed by atoms with Crippen LogP contribution in [0.2, 0.25) is 6.82 Å². The molecule has 0 aliphatic rings. The number of hydrogen-bond acceptors (Lipinski definition) is 3. The van der Waals surface area contributed by atoms with Gasteiger partial charge in [-0.15, -0.1) is 0 Å². The molecule has 1 heterocycles. The Balaban J connectivity index is 3.02. The van der Waals surface area contributed by atoms with Crippen LogP contribution >= 0.6 is 0 Å². The van der Waals surface area contributed by atoms with Crippen molar-refractivity contribution < 1.29 is 13.9 Å². The van der Waals surface area contributed by atoms with Gasteiger partial charge in [-0.25, -0.2) is 9.78 Å². The molecule has 0 bridgehead atoms. The monoisotopic (exact) mass is 222 g/mol. The van der Waals surface area contributed by atoms with Gasteiger partial charge in [0.2, 0.25) is 5.95 Å². The predicted octanol–water partition coefficient (Wildman–Crippen LogP) is 1.55. The second-order valence-corrected chi connectivity index (χ2v) is 4.36. The summed E-state index contributed by atoms with van der Waals surface area (Å²) in [6.07, 6.45) is 0. The number of ether oxygens (including phenoxy) is 1. The minimum absolute atomic E-state index is 0.0115. The van der Waals surface area contributed by atoms with E-state index in [-0.39, 0.29) is 5.69 Å². The lowest BCUT2D eigenvalue weighted by atomic mass is 9.72. The highest BCUT2D eigenvalue weighted by Crippen LogP contribution is 2.10. The third-order valence-corrected chi connectivity index (χ3v) is 1.80. The van der Waals surface area contributed by atoms with E-state index in [0.29, 0.717) is 5.46 Å². The Bertz CT molecular complexity index is 401. The molecule has 85 valence electrons. The molecule has 0 fully saturated rings. The highest BCUT2D eigenvalue weighted by Gasteiger charge is 2.21. The first kappa shape index (κ1) is 12.7. The topological polar surface area (TPSA) is 39.2 Å².